The second kappa shape index (κ2) is 13.2. The summed E-state index contributed by atoms with van der Waals surface area (Å²) in [4.78, 5) is 49.9. The van der Waals surface area contributed by atoms with E-state index >= 15 is 0 Å². The van der Waals surface area contributed by atoms with E-state index in [2.05, 4.69) is 10.3 Å². The van der Waals surface area contributed by atoms with Gasteiger partial charge in [-0.1, -0.05) is 6.07 Å². The number of imidazole rings is 1. The number of fused-ring (bicyclic) bond motifs is 1. The van der Waals surface area contributed by atoms with Crippen molar-refractivity contribution in [3.8, 4) is 5.75 Å². The van der Waals surface area contributed by atoms with E-state index in [9.17, 15) is 27.6 Å². The zero-order valence-corrected chi connectivity index (χ0v) is 26.4. The number of carbonyl (C=O) groups is 3. The highest BCUT2D eigenvalue weighted by Gasteiger charge is 2.34. The molecule has 2 aliphatic rings. The van der Waals surface area contributed by atoms with Crippen LogP contribution in [0.3, 0.4) is 0 Å². The van der Waals surface area contributed by atoms with Gasteiger partial charge < -0.3 is 23.8 Å². The maximum absolute atomic E-state index is 13.4. The van der Waals surface area contributed by atoms with Crippen LogP contribution in [0.15, 0.2) is 36.5 Å². The molecule has 0 radical (unpaired) electrons. The van der Waals surface area contributed by atoms with Gasteiger partial charge in [0, 0.05) is 57.7 Å². The summed E-state index contributed by atoms with van der Waals surface area (Å²) in [6.45, 7) is 8.80. The number of hydrogen-bond donors (Lipinski definition) is 1. The van der Waals surface area contributed by atoms with E-state index in [4.69, 9.17) is 14.5 Å². The molecule has 1 aromatic carbocycles. The number of anilines is 1. The van der Waals surface area contributed by atoms with Crippen molar-refractivity contribution >= 4 is 34.9 Å². The average Bonchev–Trinajstić information content (AvgIpc) is 3.17. The number of aromatic nitrogens is 3. The van der Waals surface area contributed by atoms with Crippen molar-refractivity contribution in [3.05, 3.63) is 47.8 Å². The predicted octanol–water partition coefficient (Wildman–Crippen LogP) is 6.05. The molecule has 11 nitrogen and oxygen atoms in total. The maximum atomic E-state index is 13.4. The highest BCUT2D eigenvalue weighted by molar-refractivity contribution is 6.04. The van der Waals surface area contributed by atoms with Gasteiger partial charge in [-0.2, -0.15) is 13.2 Å². The summed E-state index contributed by atoms with van der Waals surface area (Å²) < 4.78 is 54.1. The number of rotatable bonds is 5. The molecule has 4 heterocycles. The molecule has 1 N–H and O–H groups in total. The number of hydrogen-bond acceptors (Lipinski definition) is 7. The number of piperidine rings is 1. The molecular weight excluding hydrogens is 605 g/mol. The van der Waals surface area contributed by atoms with Gasteiger partial charge in [-0.15, -0.1) is 0 Å². The third-order valence-electron chi connectivity index (χ3n) is 8.06. The van der Waals surface area contributed by atoms with Crippen LogP contribution < -0.4 is 10.1 Å². The molecule has 0 spiro atoms. The van der Waals surface area contributed by atoms with Crippen LogP contribution in [0.5, 0.6) is 5.75 Å². The highest BCUT2D eigenvalue weighted by Crippen LogP contribution is 2.37. The molecular formula is C32H39F3N6O5. The number of nitrogens with zero attached hydrogens (tertiary/aromatic N) is 5. The van der Waals surface area contributed by atoms with Gasteiger partial charge in [0.1, 0.15) is 28.7 Å². The minimum absolute atomic E-state index is 0.0125. The second-order valence-electron chi connectivity index (χ2n) is 12.7. The van der Waals surface area contributed by atoms with Crippen molar-refractivity contribution in [3.63, 3.8) is 0 Å². The number of carbonyl (C=O) groups excluding carboxylic acids is 3. The number of ether oxygens (including phenoxy) is 2. The van der Waals surface area contributed by atoms with E-state index in [1.165, 1.54) is 6.07 Å². The summed E-state index contributed by atoms with van der Waals surface area (Å²) in [6.07, 6.45) is -1.02. The zero-order chi connectivity index (χ0) is 33.2. The third-order valence-corrected chi connectivity index (χ3v) is 8.06. The smallest absolute Gasteiger partial charge is 0.433 e. The number of alkyl halides is 3. The van der Waals surface area contributed by atoms with Crippen molar-refractivity contribution in [2.75, 3.05) is 31.5 Å². The van der Waals surface area contributed by atoms with Gasteiger partial charge in [-0.25, -0.2) is 9.78 Å². The number of halogens is 3. The summed E-state index contributed by atoms with van der Waals surface area (Å²) in [5, 5.41) is 2.73. The number of para-hydroxylation sites is 1. The number of benzene rings is 1. The zero-order valence-electron chi connectivity index (χ0n) is 26.4. The van der Waals surface area contributed by atoms with Crippen molar-refractivity contribution < 1.29 is 37.0 Å². The lowest BCUT2D eigenvalue weighted by molar-refractivity contribution is -0.141. The molecule has 46 heavy (non-hydrogen) atoms. The summed E-state index contributed by atoms with van der Waals surface area (Å²) in [6, 6.07) is 6.88. The molecule has 248 valence electrons. The Balaban J connectivity index is 1.53. The summed E-state index contributed by atoms with van der Waals surface area (Å²) in [7, 11) is 0. The van der Waals surface area contributed by atoms with Crippen LogP contribution in [0.2, 0.25) is 0 Å². The molecule has 3 aromatic rings. The normalized spacial score (nSPS) is 18.3. The number of amides is 3. The van der Waals surface area contributed by atoms with Crippen LogP contribution in [0.4, 0.5) is 23.9 Å². The van der Waals surface area contributed by atoms with Crippen LogP contribution in [-0.4, -0.2) is 80.1 Å². The fraction of sp³-hybridized carbons (Fsp3) is 0.531. The molecule has 1 atom stereocenters. The van der Waals surface area contributed by atoms with Crippen LogP contribution in [-0.2, 0) is 15.7 Å². The molecule has 0 aliphatic carbocycles. The summed E-state index contributed by atoms with van der Waals surface area (Å²) in [5.74, 6) is -0.147. The summed E-state index contributed by atoms with van der Waals surface area (Å²) in [5.41, 5.74) is -1.01. The van der Waals surface area contributed by atoms with Gasteiger partial charge in [0.25, 0.3) is 5.91 Å². The van der Waals surface area contributed by atoms with Crippen molar-refractivity contribution in [2.24, 2.45) is 0 Å². The minimum Gasteiger partial charge on any atom is -0.488 e. The van der Waals surface area contributed by atoms with Gasteiger partial charge >= 0.3 is 12.3 Å². The number of likely N-dealkylation sites (tertiary alicyclic amines) is 2. The van der Waals surface area contributed by atoms with Crippen LogP contribution >= 0.6 is 0 Å². The Morgan fingerprint density at radius 1 is 0.978 bits per heavy atom. The molecule has 2 aliphatic heterocycles. The first-order valence-corrected chi connectivity index (χ1v) is 15.5. The van der Waals surface area contributed by atoms with Crippen LogP contribution in [0.1, 0.15) is 81.9 Å². The van der Waals surface area contributed by atoms with Gasteiger partial charge in [-0.3, -0.25) is 19.9 Å². The molecule has 0 unspecified atom stereocenters. The molecule has 0 saturated carbocycles. The summed E-state index contributed by atoms with van der Waals surface area (Å²) >= 11 is 0. The van der Waals surface area contributed by atoms with Crippen molar-refractivity contribution in [2.45, 2.75) is 83.7 Å². The number of pyridine rings is 1. The third kappa shape index (κ3) is 7.71. The lowest BCUT2D eigenvalue weighted by Gasteiger charge is -2.32. The first kappa shape index (κ1) is 33.0. The Kier molecular flexibility index (Phi) is 9.45. The van der Waals surface area contributed by atoms with Crippen molar-refractivity contribution in [1.29, 1.82) is 0 Å². The average molecular weight is 645 g/mol. The maximum Gasteiger partial charge on any atom is 0.433 e. The first-order chi connectivity index (χ1) is 21.7. The minimum atomic E-state index is -4.72. The van der Waals surface area contributed by atoms with Gasteiger partial charge in [-0.05, 0) is 64.3 Å². The monoisotopic (exact) mass is 644 g/mol. The van der Waals surface area contributed by atoms with Crippen LogP contribution in [0, 0.1) is 0 Å². The van der Waals surface area contributed by atoms with E-state index in [1.807, 2.05) is 10.6 Å². The quantitative estimate of drug-likeness (QED) is 0.359. The number of nitrogens with one attached hydrogen (secondary N) is 1. The van der Waals surface area contributed by atoms with E-state index < -0.39 is 29.5 Å². The van der Waals surface area contributed by atoms with Crippen molar-refractivity contribution in [1.82, 2.24) is 24.3 Å². The van der Waals surface area contributed by atoms with E-state index in [1.54, 1.807) is 49.6 Å². The van der Waals surface area contributed by atoms with Crippen LogP contribution in [0.25, 0.3) is 11.0 Å². The molecule has 5 rings (SSSR count). The molecule has 0 bridgehead atoms. The van der Waals surface area contributed by atoms with E-state index in [0.29, 0.717) is 61.7 Å². The molecule has 3 amide bonds. The molecule has 2 saturated heterocycles. The molecule has 14 heteroatoms. The Labute approximate surface area is 265 Å². The predicted molar refractivity (Wildman–Crippen MR) is 164 cm³/mol. The first-order valence-electron chi connectivity index (χ1n) is 15.5. The van der Waals surface area contributed by atoms with Gasteiger partial charge in [0.15, 0.2) is 0 Å². The largest absolute Gasteiger partial charge is 0.488 e. The van der Waals surface area contributed by atoms with Gasteiger partial charge in [0.05, 0.1) is 11.6 Å². The Morgan fingerprint density at radius 3 is 2.39 bits per heavy atom. The van der Waals surface area contributed by atoms with E-state index in [0.717, 1.165) is 19.0 Å². The van der Waals surface area contributed by atoms with Gasteiger partial charge in [0.2, 0.25) is 11.9 Å². The highest BCUT2D eigenvalue weighted by atomic mass is 19.4. The lowest BCUT2D eigenvalue weighted by atomic mass is 10.1. The Morgan fingerprint density at radius 2 is 1.72 bits per heavy atom. The second-order valence-corrected chi connectivity index (χ2v) is 12.7. The fourth-order valence-electron chi connectivity index (χ4n) is 5.85. The van der Waals surface area contributed by atoms with E-state index in [-0.39, 0.29) is 36.1 Å². The topological polar surface area (TPSA) is 119 Å². The SMILES string of the molecule is CC(=O)N1CCC(Oc2cccc3nc(NC(=O)c4ccnc(C(F)(F)F)c4)n([C@@H]4CCCCN(C(=O)OC(C)(C)C)C4)c23)CC1. The molecule has 2 aromatic heterocycles. The Bertz CT molecular complexity index is 1590. The standard InChI is InChI=1S/C32H39F3N6O5/c1-20(42)39-16-12-23(13-17-39)45-25-10-7-9-24-27(25)41(22-8-5-6-15-40(19-22)30(44)46-31(2,3)4)29(37-24)38-28(43)21-11-14-36-26(18-21)32(33,34)35/h7,9-11,14,18,22-23H,5-6,8,12-13,15-17,19H2,1-4H3,(H,37,38,43)/t22-/m1/s1. The Hall–Kier alpha value is -4.36. The molecule has 2 fully saturated rings. The fourth-order valence-corrected chi connectivity index (χ4v) is 5.85. The lowest BCUT2D eigenvalue weighted by Crippen LogP contribution is -2.40.